The first-order valence-corrected chi connectivity index (χ1v) is 8.79. The summed E-state index contributed by atoms with van der Waals surface area (Å²) in [6.07, 6.45) is 2.36. The van der Waals surface area contributed by atoms with Crippen LogP contribution >= 0.6 is 0 Å². The minimum absolute atomic E-state index is 0.274. The van der Waals surface area contributed by atoms with Gasteiger partial charge in [0.25, 0.3) is 0 Å². The van der Waals surface area contributed by atoms with Gasteiger partial charge in [0, 0.05) is 6.42 Å². The third-order valence-electron chi connectivity index (χ3n) is 4.26. The summed E-state index contributed by atoms with van der Waals surface area (Å²) in [7, 11) is 0. The van der Waals surface area contributed by atoms with E-state index < -0.39 is 0 Å². The highest BCUT2D eigenvalue weighted by atomic mass is 16.5. The number of benzene rings is 3. The van der Waals surface area contributed by atoms with Crippen LogP contribution in [0.1, 0.15) is 33.5 Å². The van der Waals surface area contributed by atoms with Gasteiger partial charge in [-0.15, -0.1) is 0 Å². The van der Waals surface area contributed by atoms with E-state index >= 15 is 0 Å². The molecule has 0 amide bonds. The number of carbonyl (C=O) groups excluding carboxylic acids is 1. The van der Waals surface area contributed by atoms with E-state index in [1.54, 1.807) is 18.2 Å². The lowest BCUT2D eigenvalue weighted by atomic mass is 10.0. The molecule has 0 aromatic heterocycles. The zero-order chi connectivity index (χ0) is 18.2. The molecular formula is C23H22O3. The summed E-state index contributed by atoms with van der Waals surface area (Å²) in [5, 5.41) is 9.86. The smallest absolute Gasteiger partial charge is 0.338 e. The molecule has 3 nitrogen and oxygen atoms in total. The molecular weight excluding hydrogens is 324 g/mol. The first-order valence-electron chi connectivity index (χ1n) is 8.79. The number of phenols is 1. The Balaban J connectivity index is 1.45. The van der Waals surface area contributed by atoms with E-state index in [0.29, 0.717) is 24.3 Å². The van der Waals surface area contributed by atoms with Gasteiger partial charge in [0.05, 0.1) is 12.2 Å². The van der Waals surface area contributed by atoms with Gasteiger partial charge in [0.2, 0.25) is 0 Å². The Hall–Kier alpha value is -3.07. The Morgan fingerprint density at radius 3 is 2.19 bits per heavy atom. The van der Waals surface area contributed by atoms with Crippen LogP contribution in [0.2, 0.25) is 0 Å². The number of aryl methyl sites for hydroxylation is 1. The monoisotopic (exact) mass is 346 g/mol. The molecule has 0 aliphatic carbocycles. The van der Waals surface area contributed by atoms with Crippen molar-refractivity contribution in [1.82, 2.24) is 0 Å². The molecule has 0 atom stereocenters. The summed E-state index contributed by atoms with van der Waals surface area (Å²) >= 11 is 0. The lowest BCUT2D eigenvalue weighted by Gasteiger charge is -2.07. The lowest BCUT2D eigenvalue weighted by molar-refractivity contribution is 0.0500. The number of carbonyl (C=O) groups is 1. The van der Waals surface area contributed by atoms with Crippen LogP contribution in [-0.2, 0) is 17.6 Å². The Morgan fingerprint density at radius 2 is 1.46 bits per heavy atom. The van der Waals surface area contributed by atoms with Crippen LogP contribution in [0.25, 0.3) is 0 Å². The van der Waals surface area contributed by atoms with Crippen LogP contribution in [-0.4, -0.2) is 17.7 Å². The van der Waals surface area contributed by atoms with Crippen molar-refractivity contribution in [2.24, 2.45) is 0 Å². The van der Waals surface area contributed by atoms with E-state index in [9.17, 15) is 9.90 Å². The van der Waals surface area contributed by atoms with E-state index in [1.807, 2.05) is 36.4 Å². The molecule has 132 valence electrons. The molecule has 3 aromatic carbocycles. The SMILES string of the molecule is O=C(OCCCc1ccc(Cc2ccccc2O)cc1)c1ccccc1. The van der Waals surface area contributed by atoms with Crippen LogP contribution in [0.5, 0.6) is 5.75 Å². The fraction of sp³-hybridized carbons (Fsp3) is 0.174. The van der Waals surface area contributed by atoms with Crippen molar-refractivity contribution in [2.45, 2.75) is 19.3 Å². The maximum atomic E-state index is 11.9. The quantitative estimate of drug-likeness (QED) is 0.495. The number of rotatable bonds is 7. The number of hydrogen-bond donors (Lipinski definition) is 1. The van der Waals surface area contributed by atoms with Gasteiger partial charge >= 0.3 is 5.97 Å². The van der Waals surface area contributed by atoms with Gasteiger partial charge in [0.15, 0.2) is 0 Å². The van der Waals surface area contributed by atoms with Crippen LogP contribution in [0.3, 0.4) is 0 Å². The molecule has 0 aliphatic rings. The first-order chi connectivity index (χ1) is 12.7. The van der Waals surface area contributed by atoms with Crippen molar-refractivity contribution in [3.8, 4) is 5.75 Å². The zero-order valence-corrected chi connectivity index (χ0v) is 14.6. The molecule has 0 bridgehead atoms. The average molecular weight is 346 g/mol. The summed E-state index contributed by atoms with van der Waals surface area (Å²) < 4.78 is 5.30. The highest BCUT2D eigenvalue weighted by Crippen LogP contribution is 2.20. The topological polar surface area (TPSA) is 46.5 Å². The molecule has 0 heterocycles. The van der Waals surface area contributed by atoms with E-state index in [0.717, 1.165) is 24.0 Å². The van der Waals surface area contributed by atoms with Crippen molar-refractivity contribution in [1.29, 1.82) is 0 Å². The lowest BCUT2D eigenvalue weighted by Crippen LogP contribution is -2.06. The van der Waals surface area contributed by atoms with Gasteiger partial charge in [-0.05, 0) is 47.7 Å². The van der Waals surface area contributed by atoms with Crippen molar-refractivity contribution >= 4 is 5.97 Å². The number of para-hydroxylation sites is 1. The zero-order valence-electron chi connectivity index (χ0n) is 14.6. The maximum absolute atomic E-state index is 11.9. The Labute approximate surface area is 153 Å². The van der Waals surface area contributed by atoms with Gasteiger partial charge in [-0.2, -0.15) is 0 Å². The number of ether oxygens (including phenoxy) is 1. The predicted octanol–water partition coefficient (Wildman–Crippen LogP) is 4.77. The first kappa shape index (κ1) is 17.7. The fourth-order valence-corrected chi connectivity index (χ4v) is 2.80. The number of aromatic hydroxyl groups is 1. The Morgan fingerprint density at radius 1 is 0.808 bits per heavy atom. The van der Waals surface area contributed by atoms with Crippen LogP contribution in [0.4, 0.5) is 0 Å². The van der Waals surface area contributed by atoms with Crippen molar-refractivity contribution < 1.29 is 14.6 Å². The van der Waals surface area contributed by atoms with Crippen molar-refractivity contribution in [2.75, 3.05) is 6.61 Å². The molecule has 0 saturated heterocycles. The van der Waals surface area contributed by atoms with Crippen molar-refractivity contribution in [3.63, 3.8) is 0 Å². The van der Waals surface area contributed by atoms with E-state index in [1.165, 1.54) is 5.56 Å². The van der Waals surface area contributed by atoms with Gasteiger partial charge in [-0.3, -0.25) is 0 Å². The van der Waals surface area contributed by atoms with E-state index in [4.69, 9.17) is 4.74 Å². The maximum Gasteiger partial charge on any atom is 0.338 e. The summed E-state index contributed by atoms with van der Waals surface area (Å²) in [4.78, 5) is 11.9. The third kappa shape index (κ3) is 4.96. The standard InChI is InChI=1S/C23H22O3/c24-22-11-5-4-10-21(22)17-19-14-12-18(13-15-19)7-6-16-26-23(25)20-8-2-1-3-9-20/h1-5,8-15,24H,6-7,16-17H2. The van der Waals surface area contributed by atoms with Gasteiger partial charge in [-0.1, -0.05) is 60.7 Å². The Kier molecular flexibility index (Phi) is 6.05. The molecule has 0 radical (unpaired) electrons. The van der Waals surface area contributed by atoms with Crippen LogP contribution < -0.4 is 0 Å². The average Bonchev–Trinajstić information content (AvgIpc) is 2.69. The number of hydrogen-bond acceptors (Lipinski definition) is 3. The molecule has 3 aromatic rings. The van der Waals surface area contributed by atoms with Crippen LogP contribution in [0, 0.1) is 0 Å². The second kappa shape index (κ2) is 8.86. The highest BCUT2D eigenvalue weighted by Gasteiger charge is 2.06. The number of esters is 1. The predicted molar refractivity (Wildman–Crippen MR) is 102 cm³/mol. The minimum Gasteiger partial charge on any atom is -0.508 e. The molecule has 0 saturated carbocycles. The second-order valence-electron chi connectivity index (χ2n) is 6.23. The molecule has 3 heteroatoms. The van der Waals surface area contributed by atoms with Gasteiger partial charge in [0.1, 0.15) is 5.75 Å². The van der Waals surface area contributed by atoms with Crippen LogP contribution in [0.15, 0.2) is 78.9 Å². The highest BCUT2D eigenvalue weighted by molar-refractivity contribution is 5.89. The second-order valence-corrected chi connectivity index (χ2v) is 6.23. The molecule has 3 rings (SSSR count). The largest absolute Gasteiger partial charge is 0.508 e. The van der Waals surface area contributed by atoms with E-state index in [2.05, 4.69) is 24.3 Å². The molecule has 26 heavy (non-hydrogen) atoms. The normalized spacial score (nSPS) is 10.5. The molecule has 0 unspecified atom stereocenters. The summed E-state index contributed by atoms with van der Waals surface area (Å²) in [5.74, 6) is 0.0559. The fourth-order valence-electron chi connectivity index (χ4n) is 2.80. The minimum atomic E-state index is -0.274. The molecule has 0 spiro atoms. The Bertz CT molecular complexity index is 839. The molecule has 0 fully saturated rings. The van der Waals surface area contributed by atoms with Crippen molar-refractivity contribution in [3.05, 3.63) is 101 Å². The van der Waals surface area contributed by atoms with Gasteiger partial charge in [-0.25, -0.2) is 4.79 Å². The summed E-state index contributed by atoms with van der Waals surface area (Å²) in [6, 6.07) is 24.8. The van der Waals surface area contributed by atoms with E-state index in [-0.39, 0.29) is 5.97 Å². The molecule has 0 aliphatic heterocycles. The summed E-state index contributed by atoms with van der Waals surface area (Å²) in [6.45, 7) is 0.410. The third-order valence-corrected chi connectivity index (χ3v) is 4.26. The summed E-state index contributed by atoms with van der Waals surface area (Å²) in [5.41, 5.74) is 3.88. The number of phenolic OH excluding ortho intramolecular Hbond substituents is 1. The molecule has 1 N–H and O–H groups in total. The van der Waals surface area contributed by atoms with Gasteiger partial charge < -0.3 is 9.84 Å².